The molecule has 1 heterocycles. The van der Waals surface area contributed by atoms with Gasteiger partial charge in [-0.2, -0.15) is 0 Å². The monoisotopic (exact) mass is 315 g/mol. The van der Waals surface area contributed by atoms with Crippen molar-refractivity contribution in [2.45, 2.75) is 71.1 Å². The molecule has 2 aliphatic rings. The number of hydrogen-bond acceptors (Lipinski definition) is 3. The molecular weight excluding hydrogens is 289 g/mol. The van der Waals surface area contributed by atoms with Crippen LogP contribution in [0.1, 0.15) is 62.9 Å². The minimum atomic E-state index is -0.427. The van der Waals surface area contributed by atoms with Gasteiger partial charge < -0.3 is 14.6 Å². The average molecular weight is 315 g/mol. The summed E-state index contributed by atoms with van der Waals surface area (Å²) in [5.74, 6) is -0.00994. The highest BCUT2D eigenvalue weighted by Gasteiger charge is 2.53. The van der Waals surface area contributed by atoms with Crippen LogP contribution < -0.4 is 10.8 Å². The normalized spacial score (nSPS) is 26.4. The van der Waals surface area contributed by atoms with Gasteiger partial charge in [0.1, 0.15) is 0 Å². The molecule has 5 heteroatoms. The molecule has 1 saturated heterocycles. The molecule has 23 heavy (non-hydrogen) atoms. The van der Waals surface area contributed by atoms with E-state index in [-0.39, 0.29) is 17.1 Å². The van der Waals surface area contributed by atoms with Crippen LogP contribution in [0.15, 0.2) is 18.2 Å². The summed E-state index contributed by atoms with van der Waals surface area (Å²) in [6.07, 6.45) is 3.04. The lowest BCUT2D eigenvalue weighted by molar-refractivity contribution is -0.0118. The zero-order valence-corrected chi connectivity index (χ0v) is 14.7. The zero-order chi connectivity index (χ0) is 16.8. The molecule has 1 amide bonds. The van der Waals surface area contributed by atoms with E-state index in [2.05, 4.69) is 33.0 Å². The maximum Gasteiger partial charge on any atom is 0.495 e. The van der Waals surface area contributed by atoms with Crippen molar-refractivity contribution in [3.8, 4) is 0 Å². The molecule has 0 radical (unpaired) electrons. The van der Waals surface area contributed by atoms with Gasteiger partial charge in [-0.05, 0) is 64.6 Å². The zero-order valence-electron chi connectivity index (χ0n) is 14.7. The molecule has 0 aromatic heterocycles. The van der Waals surface area contributed by atoms with Crippen LogP contribution in [0.4, 0.5) is 0 Å². The highest BCUT2D eigenvalue weighted by Crippen LogP contribution is 2.39. The Balaban J connectivity index is 1.86. The standard InChI is InChI=1S/C18H26BNO3/c1-6-18(5)17(3,4)22-19(23-18)15-11-13(8-7-12(15)2)16(21)20-14-9-10-14/h7-8,11,14H,6,9-10H2,1-5H3,(H,20,21). The van der Waals surface area contributed by atoms with E-state index in [1.54, 1.807) is 0 Å². The van der Waals surface area contributed by atoms with Gasteiger partial charge in [0.15, 0.2) is 0 Å². The minimum Gasteiger partial charge on any atom is -0.399 e. The van der Waals surface area contributed by atoms with Gasteiger partial charge in [0, 0.05) is 11.6 Å². The molecule has 2 fully saturated rings. The van der Waals surface area contributed by atoms with Crippen LogP contribution in [-0.2, 0) is 9.31 Å². The Morgan fingerprint density at radius 2 is 2.00 bits per heavy atom. The summed E-state index contributed by atoms with van der Waals surface area (Å²) in [5.41, 5.74) is 1.99. The molecule has 1 aliphatic heterocycles. The first-order valence-corrected chi connectivity index (χ1v) is 8.53. The van der Waals surface area contributed by atoms with Gasteiger partial charge in [0.2, 0.25) is 0 Å². The first-order chi connectivity index (χ1) is 10.8. The molecule has 1 aliphatic carbocycles. The molecule has 0 bridgehead atoms. The Kier molecular flexibility index (Phi) is 4.05. The van der Waals surface area contributed by atoms with Gasteiger partial charge in [-0.25, -0.2) is 0 Å². The number of carbonyl (C=O) groups is 1. The van der Waals surface area contributed by atoms with E-state index in [1.807, 2.05) is 25.1 Å². The van der Waals surface area contributed by atoms with Crippen molar-refractivity contribution in [2.75, 3.05) is 0 Å². The number of amides is 1. The highest BCUT2D eigenvalue weighted by molar-refractivity contribution is 6.62. The van der Waals surface area contributed by atoms with Crippen molar-refractivity contribution in [3.05, 3.63) is 29.3 Å². The van der Waals surface area contributed by atoms with Gasteiger partial charge in [-0.3, -0.25) is 4.79 Å². The Bertz CT molecular complexity index is 627. The molecule has 1 unspecified atom stereocenters. The third-order valence-corrected chi connectivity index (χ3v) is 5.42. The summed E-state index contributed by atoms with van der Waals surface area (Å²) < 4.78 is 12.5. The van der Waals surface area contributed by atoms with Crippen LogP contribution in [0.25, 0.3) is 0 Å². The third kappa shape index (κ3) is 3.04. The maximum atomic E-state index is 12.3. The second kappa shape index (κ2) is 5.64. The largest absolute Gasteiger partial charge is 0.495 e. The molecule has 1 aromatic rings. The predicted octanol–water partition coefficient (Wildman–Crippen LogP) is 2.58. The van der Waals surface area contributed by atoms with Gasteiger partial charge in [-0.1, -0.05) is 18.6 Å². The number of carbonyl (C=O) groups excluding carboxylic acids is 1. The van der Waals surface area contributed by atoms with E-state index < -0.39 is 7.12 Å². The fraction of sp³-hybridized carbons (Fsp3) is 0.611. The molecule has 124 valence electrons. The molecule has 1 N–H and O–H groups in total. The van der Waals surface area contributed by atoms with E-state index in [0.717, 1.165) is 30.3 Å². The number of hydrogen-bond donors (Lipinski definition) is 1. The Labute approximate surface area is 139 Å². The summed E-state index contributed by atoms with van der Waals surface area (Å²) in [4.78, 5) is 12.3. The van der Waals surface area contributed by atoms with Gasteiger partial charge in [0.05, 0.1) is 11.2 Å². The van der Waals surface area contributed by atoms with E-state index in [1.165, 1.54) is 0 Å². The van der Waals surface area contributed by atoms with E-state index in [0.29, 0.717) is 11.6 Å². The Morgan fingerprint density at radius 1 is 1.30 bits per heavy atom. The molecule has 1 aromatic carbocycles. The fourth-order valence-corrected chi connectivity index (χ4v) is 2.96. The summed E-state index contributed by atoms with van der Waals surface area (Å²) in [6.45, 7) is 10.4. The lowest BCUT2D eigenvalue weighted by atomic mass is 9.75. The second-order valence-electron chi connectivity index (χ2n) is 7.48. The quantitative estimate of drug-likeness (QED) is 0.869. The van der Waals surface area contributed by atoms with Crippen molar-refractivity contribution in [1.29, 1.82) is 0 Å². The SMILES string of the molecule is CCC1(C)OB(c2cc(C(=O)NC3CC3)ccc2C)OC1(C)C. The summed E-state index contributed by atoms with van der Waals surface area (Å²) in [6, 6.07) is 6.11. The van der Waals surface area contributed by atoms with Crippen molar-refractivity contribution >= 4 is 18.5 Å². The van der Waals surface area contributed by atoms with Crippen LogP contribution in [0, 0.1) is 6.92 Å². The van der Waals surface area contributed by atoms with Crippen LogP contribution in [-0.4, -0.2) is 30.3 Å². The molecule has 0 spiro atoms. The van der Waals surface area contributed by atoms with E-state index in [9.17, 15) is 4.79 Å². The average Bonchev–Trinajstić information content (AvgIpc) is 3.26. The van der Waals surface area contributed by atoms with Crippen molar-refractivity contribution < 1.29 is 14.1 Å². The molecular formula is C18H26BNO3. The Hall–Kier alpha value is -1.33. The second-order valence-corrected chi connectivity index (χ2v) is 7.48. The number of rotatable bonds is 4. The topological polar surface area (TPSA) is 47.6 Å². The lowest BCUT2D eigenvalue weighted by Crippen LogP contribution is -2.44. The number of benzene rings is 1. The predicted molar refractivity (Wildman–Crippen MR) is 92.0 cm³/mol. The first kappa shape index (κ1) is 16.5. The summed E-state index contributed by atoms with van der Waals surface area (Å²) in [5, 5.41) is 3.03. The molecule has 4 nitrogen and oxygen atoms in total. The van der Waals surface area contributed by atoms with Crippen LogP contribution in [0.2, 0.25) is 0 Å². The van der Waals surface area contributed by atoms with Crippen molar-refractivity contribution in [1.82, 2.24) is 5.32 Å². The van der Waals surface area contributed by atoms with Crippen LogP contribution >= 0.6 is 0 Å². The van der Waals surface area contributed by atoms with Crippen molar-refractivity contribution in [2.24, 2.45) is 0 Å². The van der Waals surface area contributed by atoms with E-state index in [4.69, 9.17) is 9.31 Å². The lowest BCUT2D eigenvalue weighted by Gasteiger charge is -2.35. The van der Waals surface area contributed by atoms with Gasteiger partial charge >= 0.3 is 7.12 Å². The molecule has 1 atom stereocenters. The first-order valence-electron chi connectivity index (χ1n) is 8.53. The Morgan fingerprint density at radius 3 is 2.57 bits per heavy atom. The fourth-order valence-electron chi connectivity index (χ4n) is 2.96. The summed E-state index contributed by atoms with van der Waals surface area (Å²) >= 11 is 0. The minimum absolute atomic E-state index is 0.00994. The number of aryl methyl sites for hydroxylation is 1. The van der Waals surface area contributed by atoms with Crippen LogP contribution in [0.3, 0.4) is 0 Å². The highest BCUT2D eigenvalue weighted by atomic mass is 16.7. The van der Waals surface area contributed by atoms with Gasteiger partial charge in [-0.15, -0.1) is 0 Å². The maximum absolute atomic E-state index is 12.3. The summed E-state index contributed by atoms with van der Waals surface area (Å²) in [7, 11) is -0.427. The number of nitrogens with one attached hydrogen (secondary N) is 1. The van der Waals surface area contributed by atoms with Crippen molar-refractivity contribution in [3.63, 3.8) is 0 Å². The molecule has 3 rings (SSSR count). The van der Waals surface area contributed by atoms with Crippen LogP contribution in [0.5, 0.6) is 0 Å². The third-order valence-electron chi connectivity index (χ3n) is 5.42. The molecule has 1 saturated carbocycles. The van der Waals surface area contributed by atoms with E-state index >= 15 is 0 Å². The van der Waals surface area contributed by atoms with Gasteiger partial charge in [0.25, 0.3) is 5.91 Å². The smallest absolute Gasteiger partial charge is 0.399 e.